The number of ether oxygens (including phenoxy) is 3. The number of carbonyl (C=O) groups is 2. The average molecular weight is 394 g/mol. The van der Waals surface area contributed by atoms with Crippen molar-refractivity contribution in [3.8, 4) is 17.2 Å². The van der Waals surface area contributed by atoms with Gasteiger partial charge in [-0.15, -0.1) is 11.3 Å². The van der Waals surface area contributed by atoms with E-state index in [4.69, 9.17) is 14.2 Å². The molecule has 1 heterocycles. The van der Waals surface area contributed by atoms with Crippen LogP contribution in [0.4, 0.5) is 0 Å². The Morgan fingerprint density at radius 2 is 1.68 bits per heavy atom. The molecule has 0 atom stereocenters. The summed E-state index contributed by atoms with van der Waals surface area (Å²) in [6.45, 7) is 0. The van der Waals surface area contributed by atoms with Crippen LogP contribution in [-0.4, -0.2) is 26.0 Å². The van der Waals surface area contributed by atoms with E-state index in [0.717, 1.165) is 5.56 Å². The number of rotatable bonds is 7. The molecule has 0 bridgehead atoms. The molecule has 0 aliphatic rings. The second kappa shape index (κ2) is 9.01. The molecule has 5 nitrogen and oxygen atoms in total. The van der Waals surface area contributed by atoms with E-state index in [-0.39, 0.29) is 5.78 Å². The molecule has 28 heavy (non-hydrogen) atoms. The van der Waals surface area contributed by atoms with E-state index in [9.17, 15) is 9.59 Å². The molecule has 0 spiro atoms. The van der Waals surface area contributed by atoms with Crippen molar-refractivity contribution in [2.75, 3.05) is 14.2 Å². The Bertz CT molecular complexity index is 988. The van der Waals surface area contributed by atoms with Crippen molar-refractivity contribution in [1.82, 2.24) is 0 Å². The quantitative estimate of drug-likeness (QED) is 0.247. The van der Waals surface area contributed by atoms with Crippen LogP contribution in [0.15, 0.2) is 66.1 Å². The molecular weight excluding hydrogens is 376 g/mol. The average Bonchev–Trinajstić information content (AvgIpc) is 3.27. The van der Waals surface area contributed by atoms with E-state index < -0.39 is 5.97 Å². The first-order valence-electron chi connectivity index (χ1n) is 8.41. The van der Waals surface area contributed by atoms with Gasteiger partial charge in [-0.3, -0.25) is 4.79 Å². The van der Waals surface area contributed by atoms with E-state index in [1.165, 1.54) is 24.5 Å². The third kappa shape index (κ3) is 4.66. The molecule has 3 rings (SSSR count). The highest BCUT2D eigenvalue weighted by Gasteiger charge is 2.11. The first-order chi connectivity index (χ1) is 13.6. The summed E-state index contributed by atoms with van der Waals surface area (Å²) in [5, 5.41) is 1.82. The van der Waals surface area contributed by atoms with Crippen LogP contribution in [0.2, 0.25) is 0 Å². The number of hydrogen-bond donors (Lipinski definition) is 0. The zero-order valence-corrected chi connectivity index (χ0v) is 16.2. The van der Waals surface area contributed by atoms with Crippen LogP contribution in [0, 0.1) is 0 Å². The molecule has 142 valence electrons. The molecule has 0 fully saturated rings. The second-order valence-electron chi connectivity index (χ2n) is 5.70. The Balaban J connectivity index is 1.69. The minimum absolute atomic E-state index is 0.205. The largest absolute Gasteiger partial charge is 0.497 e. The lowest BCUT2D eigenvalue weighted by molar-refractivity contribution is 0.0739. The van der Waals surface area contributed by atoms with Gasteiger partial charge in [0.05, 0.1) is 19.8 Å². The van der Waals surface area contributed by atoms with Gasteiger partial charge in [-0.05, 0) is 53.4 Å². The maximum atomic E-state index is 12.5. The number of allylic oxidation sites excluding steroid dienone is 1. The fraction of sp³-hybridized carbons (Fsp3) is 0.0909. The highest BCUT2D eigenvalue weighted by Crippen LogP contribution is 2.25. The topological polar surface area (TPSA) is 61.8 Å². The molecular formula is C22H18O5S. The Hall–Kier alpha value is -3.38. The number of methoxy groups -OCH3 is 2. The number of carbonyl (C=O) groups excluding carboxylic acids is 2. The van der Waals surface area contributed by atoms with Gasteiger partial charge in [-0.2, -0.15) is 0 Å². The normalized spacial score (nSPS) is 10.6. The van der Waals surface area contributed by atoms with E-state index in [1.807, 2.05) is 5.38 Å². The fourth-order valence-corrected chi connectivity index (χ4v) is 3.07. The molecule has 0 N–H and O–H groups in total. The summed E-state index contributed by atoms with van der Waals surface area (Å²) in [5.74, 6) is 0.902. The number of esters is 1. The lowest BCUT2D eigenvalue weighted by Gasteiger charge is -2.08. The molecule has 0 amide bonds. The maximum Gasteiger partial charge on any atom is 0.353 e. The van der Waals surface area contributed by atoms with Crippen molar-refractivity contribution in [2.24, 2.45) is 0 Å². The standard InChI is InChI=1S/C22H18O5S/c1-25-17-10-12-20(26-2)18(14-17)19(23)11-7-15-5-8-16(9-6-15)27-22(24)21-4-3-13-28-21/h3-14H,1-2H3/b11-7+. The predicted molar refractivity (Wildman–Crippen MR) is 109 cm³/mol. The summed E-state index contributed by atoms with van der Waals surface area (Å²) in [6, 6.07) is 15.5. The monoisotopic (exact) mass is 394 g/mol. The Labute approximate surface area is 166 Å². The highest BCUT2D eigenvalue weighted by molar-refractivity contribution is 7.12. The first-order valence-corrected chi connectivity index (χ1v) is 9.29. The Kier molecular flexibility index (Phi) is 6.24. The van der Waals surface area contributed by atoms with Crippen LogP contribution >= 0.6 is 11.3 Å². The van der Waals surface area contributed by atoms with E-state index >= 15 is 0 Å². The molecule has 0 aliphatic heterocycles. The van der Waals surface area contributed by atoms with Crippen molar-refractivity contribution in [1.29, 1.82) is 0 Å². The van der Waals surface area contributed by atoms with Gasteiger partial charge in [0, 0.05) is 0 Å². The summed E-state index contributed by atoms with van der Waals surface area (Å²) < 4.78 is 15.7. The zero-order valence-electron chi connectivity index (χ0n) is 15.4. The first kappa shape index (κ1) is 19.4. The van der Waals surface area contributed by atoms with Gasteiger partial charge in [-0.1, -0.05) is 24.3 Å². The van der Waals surface area contributed by atoms with Crippen molar-refractivity contribution >= 4 is 29.2 Å². The molecule has 6 heteroatoms. The minimum Gasteiger partial charge on any atom is -0.497 e. The Morgan fingerprint density at radius 1 is 0.929 bits per heavy atom. The second-order valence-corrected chi connectivity index (χ2v) is 6.65. The van der Waals surface area contributed by atoms with Gasteiger partial charge >= 0.3 is 5.97 Å². The van der Waals surface area contributed by atoms with Crippen molar-refractivity contribution < 1.29 is 23.8 Å². The summed E-state index contributed by atoms with van der Waals surface area (Å²) in [5.41, 5.74) is 1.21. The zero-order chi connectivity index (χ0) is 19.9. The number of hydrogen-bond acceptors (Lipinski definition) is 6. The van der Waals surface area contributed by atoms with Crippen LogP contribution in [-0.2, 0) is 0 Å². The van der Waals surface area contributed by atoms with Crippen molar-refractivity contribution in [2.45, 2.75) is 0 Å². The summed E-state index contributed by atoms with van der Waals surface area (Å²) in [4.78, 5) is 25.0. The van der Waals surface area contributed by atoms with Crippen LogP contribution in [0.5, 0.6) is 17.2 Å². The SMILES string of the molecule is COc1ccc(OC)c(C(=O)/C=C/c2ccc(OC(=O)c3cccs3)cc2)c1. The van der Waals surface area contributed by atoms with E-state index in [1.54, 1.807) is 67.8 Å². The van der Waals surface area contributed by atoms with Gasteiger partial charge in [0.2, 0.25) is 0 Å². The smallest absolute Gasteiger partial charge is 0.353 e. The van der Waals surface area contributed by atoms with Gasteiger partial charge in [0.15, 0.2) is 5.78 Å². The molecule has 0 radical (unpaired) electrons. The highest BCUT2D eigenvalue weighted by atomic mass is 32.1. The van der Waals surface area contributed by atoms with Crippen LogP contribution in [0.1, 0.15) is 25.6 Å². The fourth-order valence-electron chi connectivity index (χ4n) is 2.47. The Morgan fingerprint density at radius 3 is 2.32 bits per heavy atom. The lowest BCUT2D eigenvalue weighted by Crippen LogP contribution is -2.06. The molecule has 0 aliphatic carbocycles. The van der Waals surface area contributed by atoms with Crippen molar-refractivity contribution in [3.63, 3.8) is 0 Å². The van der Waals surface area contributed by atoms with Gasteiger partial charge in [0.25, 0.3) is 0 Å². The number of ketones is 1. The van der Waals surface area contributed by atoms with Crippen LogP contribution in [0.25, 0.3) is 6.08 Å². The molecule has 3 aromatic rings. The molecule has 0 saturated heterocycles. The van der Waals surface area contributed by atoms with Gasteiger partial charge < -0.3 is 14.2 Å². The minimum atomic E-state index is -0.390. The molecule has 2 aromatic carbocycles. The molecule has 0 saturated carbocycles. The van der Waals surface area contributed by atoms with Crippen LogP contribution in [0.3, 0.4) is 0 Å². The van der Waals surface area contributed by atoms with Crippen molar-refractivity contribution in [3.05, 3.63) is 82.1 Å². The third-order valence-electron chi connectivity index (χ3n) is 3.91. The molecule has 0 unspecified atom stereocenters. The summed E-state index contributed by atoms with van der Waals surface area (Å²) >= 11 is 1.33. The summed E-state index contributed by atoms with van der Waals surface area (Å²) in [7, 11) is 3.05. The van der Waals surface area contributed by atoms with Gasteiger partial charge in [0.1, 0.15) is 22.1 Å². The maximum absolute atomic E-state index is 12.5. The van der Waals surface area contributed by atoms with Crippen LogP contribution < -0.4 is 14.2 Å². The summed E-state index contributed by atoms with van der Waals surface area (Å²) in [6.07, 6.45) is 3.15. The van der Waals surface area contributed by atoms with E-state index in [2.05, 4.69) is 0 Å². The predicted octanol–water partition coefficient (Wildman–Crippen LogP) is 4.88. The lowest BCUT2D eigenvalue weighted by atomic mass is 10.1. The van der Waals surface area contributed by atoms with E-state index in [0.29, 0.717) is 27.7 Å². The molecule has 1 aromatic heterocycles. The third-order valence-corrected chi connectivity index (χ3v) is 4.76. The number of benzene rings is 2. The number of thiophene rings is 1. The van der Waals surface area contributed by atoms with Gasteiger partial charge in [-0.25, -0.2) is 4.79 Å².